The molecule has 1 heterocycles. The Hall–Kier alpha value is -0.600. The summed E-state index contributed by atoms with van der Waals surface area (Å²) in [5.74, 6) is -4.21. The van der Waals surface area contributed by atoms with Gasteiger partial charge in [-0.25, -0.2) is 8.78 Å². The van der Waals surface area contributed by atoms with Gasteiger partial charge in [0.25, 0.3) is 0 Å². The second-order valence-electron chi connectivity index (χ2n) is 5.06. The van der Waals surface area contributed by atoms with E-state index in [0.717, 1.165) is 6.42 Å². The molecule has 21 heavy (non-hydrogen) atoms. The van der Waals surface area contributed by atoms with E-state index in [0.29, 0.717) is 6.42 Å². The van der Waals surface area contributed by atoms with E-state index in [1.54, 1.807) is 0 Å². The molecule has 1 rings (SSSR count). The lowest BCUT2D eigenvalue weighted by Gasteiger charge is -2.37. The van der Waals surface area contributed by atoms with Crippen molar-refractivity contribution in [3.63, 3.8) is 0 Å². The number of nitrogens with zero attached hydrogens (tertiary/aromatic N) is 2. The Labute approximate surface area is 128 Å². The van der Waals surface area contributed by atoms with Crippen LogP contribution in [0.3, 0.4) is 0 Å². The highest BCUT2D eigenvalue weighted by molar-refractivity contribution is 5.85. The second-order valence-corrected chi connectivity index (χ2v) is 5.06. The minimum atomic E-state index is -4.01. The maximum Gasteiger partial charge on any atom is 0.319 e. The number of nitrogens with two attached hydrogens (primary N) is 1. The summed E-state index contributed by atoms with van der Waals surface area (Å²) in [7, 11) is 0. The first kappa shape index (κ1) is 20.4. The Kier molecular flexibility index (Phi) is 8.50. The van der Waals surface area contributed by atoms with Crippen molar-refractivity contribution in [2.75, 3.05) is 32.7 Å². The summed E-state index contributed by atoms with van der Waals surface area (Å²) >= 11 is 0. The van der Waals surface area contributed by atoms with Crippen LogP contribution in [0.5, 0.6) is 0 Å². The van der Waals surface area contributed by atoms with E-state index in [1.807, 2.05) is 6.92 Å². The van der Waals surface area contributed by atoms with Crippen molar-refractivity contribution in [2.45, 2.75) is 38.2 Å². The van der Waals surface area contributed by atoms with Gasteiger partial charge in [-0.15, -0.1) is 12.4 Å². The molecule has 1 atom stereocenters. The van der Waals surface area contributed by atoms with Crippen molar-refractivity contribution in [3.8, 4) is 0 Å². The Morgan fingerprint density at radius 2 is 1.76 bits per heavy atom. The lowest BCUT2D eigenvalue weighted by molar-refractivity contribution is -0.148. The van der Waals surface area contributed by atoms with Crippen molar-refractivity contribution in [3.05, 3.63) is 0 Å². The minimum absolute atomic E-state index is 0. The van der Waals surface area contributed by atoms with Gasteiger partial charge in [-0.05, 0) is 6.42 Å². The van der Waals surface area contributed by atoms with E-state index in [2.05, 4.69) is 0 Å². The highest BCUT2D eigenvalue weighted by atomic mass is 35.5. The third-order valence-electron chi connectivity index (χ3n) is 3.35. The van der Waals surface area contributed by atoms with E-state index in [4.69, 9.17) is 5.73 Å². The summed E-state index contributed by atoms with van der Waals surface area (Å²) in [5.41, 5.74) is 5.71. The average molecular weight is 336 g/mol. The van der Waals surface area contributed by atoms with Gasteiger partial charge in [0.05, 0.1) is 12.6 Å². The summed E-state index contributed by atoms with van der Waals surface area (Å²) in [6.07, 6.45) is -2.31. The van der Waals surface area contributed by atoms with E-state index in [-0.39, 0.29) is 44.5 Å². The number of piperazine rings is 1. The van der Waals surface area contributed by atoms with Crippen LogP contribution in [0.1, 0.15) is 19.8 Å². The molecule has 0 aliphatic carbocycles. The number of amides is 1. The van der Waals surface area contributed by atoms with Gasteiger partial charge in [0.1, 0.15) is 0 Å². The molecule has 0 aromatic heterocycles. The lowest BCUT2D eigenvalue weighted by atomic mass is 10.1. The first-order chi connectivity index (χ1) is 9.27. The highest BCUT2D eigenvalue weighted by Gasteiger charge is 2.42. The van der Waals surface area contributed by atoms with E-state index in [9.17, 15) is 22.4 Å². The smallest absolute Gasteiger partial charge is 0.319 e. The largest absolute Gasteiger partial charge is 0.339 e. The summed E-state index contributed by atoms with van der Waals surface area (Å²) < 4.78 is 50.1. The molecular formula is C12H22ClF4N3O. The van der Waals surface area contributed by atoms with Crippen molar-refractivity contribution >= 4 is 18.3 Å². The predicted molar refractivity (Wildman–Crippen MR) is 74.1 cm³/mol. The second kappa shape index (κ2) is 8.75. The lowest BCUT2D eigenvalue weighted by Crippen LogP contribution is -2.55. The molecule has 9 heteroatoms. The number of rotatable bonds is 6. The van der Waals surface area contributed by atoms with Gasteiger partial charge in [-0.2, -0.15) is 8.78 Å². The van der Waals surface area contributed by atoms with Crippen molar-refractivity contribution in [2.24, 2.45) is 5.73 Å². The Bertz CT molecular complexity index is 326. The first-order valence-electron chi connectivity index (χ1n) is 6.70. The molecule has 1 aliphatic rings. The topological polar surface area (TPSA) is 49.6 Å². The average Bonchev–Trinajstić information content (AvgIpc) is 2.38. The summed E-state index contributed by atoms with van der Waals surface area (Å²) in [5, 5.41) is 0. The monoisotopic (exact) mass is 335 g/mol. The zero-order valence-corrected chi connectivity index (χ0v) is 12.7. The molecule has 2 N–H and O–H groups in total. The van der Waals surface area contributed by atoms with Crippen LogP contribution in [0.15, 0.2) is 0 Å². The van der Waals surface area contributed by atoms with Gasteiger partial charge in [-0.1, -0.05) is 13.3 Å². The fourth-order valence-electron chi connectivity index (χ4n) is 2.16. The zero-order valence-electron chi connectivity index (χ0n) is 11.9. The standard InChI is InChI=1S/C12H21F4N3O.ClH/c1-2-3-9(17)10(20)19-6-4-18(5-7-19)8-12(15,16)11(13)14;/h9,11H,2-8,17H2,1H3;1H. The normalized spacial score (nSPS) is 18.5. The molecule has 1 saturated heterocycles. The molecule has 1 amide bonds. The Morgan fingerprint density at radius 3 is 2.19 bits per heavy atom. The number of hydrogen-bond donors (Lipinski definition) is 1. The molecule has 0 bridgehead atoms. The molecule has 0 spiro atoms. The number of hydrogen-bond acceptors (Lipinski definition) is 3. The Morgan fingerprint density at radius 1 is 1.24 bits per heavy atom. The molecule has 0 aromatic rings. The van der Waals surface area contributed by atoms with Gasteiger partial charge in [-0.3, -0.25) is 9.69 Å². The number of halogens is 5. The van der Waals surface area contributed by atoms with Gasteiger partial charge in [0.15, 0.2) is 0 Å². The fraction of sp³-hybridized carbons (Fsp3) is 0.917. The van der Waals surface area contributed by atoms with Crippen molar-refractivity contribution < 1.29 is 22.4 Å². The summed E-state index contributed by atoms with van der Waals surface area (Å²) in [6.45, 7) is 1.75. The van der Waals surface area contributed by atoms with Gasteiger partial charge in [0.2, 0.25) is 5.91 Å². The molecule has 0 radical (unpaired) electrons. The van der Waals surface area contributed by atoms with Crippen LogP contribution in [0, 0.1) is 0 Å². The van der Waals surface area contributed by atoms with Crippen LogP contribution in [0.25, 0.3) is 0 Å². The van der Waals surface area contributed by atoms with Crippen molar-refractivity contribution in [1.29, 1.82) is 0 Å². The SMILES string of the molecule is CCCC(N)C(=O)N1CCN(CC(F)(F)C(F)F)CC1.Cl. The van der Waals surface area contributed by atoms with Gasteiger partial charge < -0.3 is 10.6 Å². The molecule has 0 aromatic carbocycles. The molecule has 126 valence electrons. The van der Waals surface area contributed by atoms with Crippen LogP contribution < -0.4 is 5.73 Å². The van der Waals surface area contributed by atoms with E-state index < -0.39 is 24.9 Å². The summed E-state index contributed by atoms with van der Waals surface area (Å²) in [4.78, 5) is 14.7. The molecule has 1 aliphatic heterocycles. The van der Waals surface area contributed by atoms with Crippen LogP contribution in [-0.2, 0) is 4.79 Å². The van der Waals surface area contributed by atoms with E-state index >= 15 is 0 Å². The van der Waals surface area contributed by atoms with Crippen LogP contribution in [0.4, 0.5) is 17.6 Å². The van der Waals surface area contributed by atoms with Crippen LogP contribution in [-0.4, -0.2) is 66.8 Å². The van der Waals surface area contributed by atoms with E-state index in [1.165, 1.54) is 9.80 Å². The molecule has 1 fully saturated rings. The number of carbonyl (C=O) groups is 1. The molecular weight excluding hydrogens is 314 g/mol. The maximum absolute atomic E-state index is 12.9. The zero-order chi connectivity index (χ0) is 15.3. The van der Waals surface area contributed by atoms with Crippen molar-refractivity contribution in [1.82, 2.24) is 9.80 Å². The number of carbonyl (C=O) groups excluding carboxylic acids is 1. The third kappa shape index (κ3) is 5.96. The van der Waals surface area contributed by atoms with Crippen LogP contribution in [0.2, 0.25) is 0 Å². The first-order valence-corrected chi connectivity index (χ1v) is 6.70. The quantitative estimate of drug-likeness (QED) is 0.750. The highest BCUT2D eigenvalue weighted by Crippen LogP contribution is 2.24. The Balaban J connectivity index is 0.00000400. The minimum Gasteiger partial charge on any atom is -0.339 e. The predicted octanol–water partition coefficient (Wildman–Crippen LogP) is 1.58. The fourth-order valence-corrected chi connectivity index (χ4v) is 2.16. The summed E-state index contributed by atoms with van der Waals surface area (Å²) in [6, 6.07) is -0.575. The maximum atomic E-state index is 12.9. The number of alkyl halides is 4. The molecule has 1 unspecified atom stereocenters. The van der Waals surface area contributed by atoms with Gasteiger partial charge in [0, 0.05) is 26.2 Å². The molecule has 0 saturated carbocycles. The van der Waals surface area contributed by atoms with Crippen LogP contribution >= 0.6 is 12.4 Å². The third-order valence-corrected chi connectivity index (χ3v) is 3.35. The van der Waals surface area contributed by atoms with Gasteiger partial charge >= 0.3 is 12.3 Å². The molecule has 4 nitrogen and oxygen atoms in total.